The van der Waals surface area contributed by atoms with Gasteiger partial charge in [0.05, 0.1) is 24.0 Å². The van der Waals surface area contributed by atoms with E-state index < -0.39 is 22.5 Å². The minimum atomic E-state index is -3.92. The summed E-state index contributed by atoms with van der Waals surface area (Å²) in [6.07, 6.45) is 1.41. The molecule has 0 aliphatic carbocycles. The monoisotopic (exact) mass is 272 g/mol. The molecule has 2 aromatic rings. The number of aliphatic hydroxyl groups is 1. The fraction of sp³-hybridized carbons (Fsp3) is 0.182. The van der Waals surface area contributed by atoms with Gasteiger partial charge in [-0.25, -0.2) is 4.79 Å². The Morgan fingerprint density at radius 3 is 2.33 bits per heavy atom. The van der Waals surface area contributed by atoms with E-state index in [1.807, 2.05) is 18.2 Å². The molecule has 0 amide bonds. The molecule has 0 spiro atoms. The van der Waals surface area contributed by atoms with Crippen LogP contribution in [0.25, 0.3) is 10.8 Å². The Labute approximate surface area is 103 Å². The van der Waals surface area contributed by atoms with Crippen LogP contribution in [0, 0.1) is 0 Å². The molecule has 2 rings (SSSR count). The Hall–Kier alpha value is -1.70. The molecule has 0 atom stereocenters. The maximum absolute atomic E-state index is 11.0. The summed E-state index contributed by atoms with van der Waals surface area (Å²) in [6.45, 7) is -0.529. The number of hydrogen-bond donors (Lipinski definition) is 2. The second-order valence-electron chi connectivity index (χ2n) is 3.30. The fourth-order valence-corrected chi connectivity index (χ4v) is 1.41. The molecule has 6 nitrogen and oxygen atoms in total. The zero-order valence-corrected chi connectivity index (χ0v) is 10.1. The van der Waals surface area contributed by atoms with E-state index in [0.29, 0.717) is 5.39 Å². The van der Waals surface area contributed by atoms with Crippen molar-refractivity contribution in [3.05, 3.63) is 47.0 Å². The SMILES string of the molecule is O=S(=O)(O)CCO.O=c1occc2ccccc12. The molecule has 0 saturated carbocycles. The van der Waals surface area contributed by atoms with Crippen LogP contribution in [0.3, 0.4) is 0 Å². The highest BCUT2D eigenvalue weighted by molar-refractivity contribution is 7.85. The molecule has 0 aliphatic heterocycles. The highest BCUT2D eigenvalue weighted by Crippen LogP contribution is 2.06. The van der Waals surface area contributed by atoms with Crippen molar-refractivity contribution in [3.8, 4) is 0 Å². The minimum absolute atomic E-state index is 0.275. The van der Waals surface area contributed by atoms with Crippen LogP contribution in [0.2, 0.25) is 0 Å². The van der Waals surface area contributed by atoms with E-state index >= 15 is 0 Å². The third-order valence-electron chi connectivity index (χ3n) is 1.95. The van der Waals surface area contributed by atoms with Crippen molar-refractivity contribution in [2.45, 2.75) is 0 Å². The van der Waals surface area contributed by atoms with Gasteiger partial charge in [-0.3, -0.25) is 4.55 Å². The van der Waals surface area contributed by atoms with Crippen molar-refractivity contribution >= 4 is 20.9 Å². The van der Waals surface area contributed by atoms with Crippen LogP contribution in [0.15, 0.2) is 45.8 Å². The average Bonchev–Trinajstić information content (AvgIpc) is 2.29. The molecule has 18 heavy (non-hydrogen) atoms. The lowest BCUT2D eigenvalue weighted by Crippen LogP contribution is -2.06. The molecule has 98 valence electrons. The largest absolute Gasteiger partial charge is 0.431 e. The quantitative estimate of drug-likeness (QED) is 0.778. The van der Waals surface area contributed by atoms with Gasteiger partial charge in [-0.1, -0.05) is 18.2 Å². The van der Waals surface area contributed by atoms with Gasteiger partial charge in [0.2, 0.25) is 0 Å². The molecule has 7 heteroatoms. The first-order valence-corrected chi connectivity index (χ1v) is 6.57. The topological polar surface area (TPSA) is 105 Å². The summed E-state index contributed by atoms with van der Waals surface area (Å²) >= 11 is 0. The molecule has 0 fully saturated rings. The summed E-state index contributed by atoms with van der Waals surface area (Å²) in [4.78, 5) is 11.0. The summed E-state index contributed by atoms with van der Waals surface area (Å²) in [5, 5.41) is 9.42. The van der Waals surface area contributed by atoms with Crippen molar-refractivity contribution in [2.75, 3.05) is 12.4 Å². The van der Waals surface area contributed by atoms with E-state index in [9.17, 15) is 13.2 Å². The standard InChI is InChI=1S/C9H6O2.C2H6O4S/c10-9-8-4-2-1-3-7(8)5-6-11-9;3-1-2-7(4,5)6/h1-6H;3H,1-2H2,(H,4,5,6). The number of hydrogen-bond acceptors (Lipinski definition) is 5. The highest BCUT2D eigenvalue weighted by Gasteiger charge is 1.99. The number of rotatable bonds is 2. The Balaban J connectivity index is 0.000000203. The molecule has 0 unspecified atom stereocenters. The molecule has 0 bridgehead atoms. The zero-order chi connectivity index (χ0) is 13.6. The number of benzene rings is 1. The van der Waals surface area contributed by atoms with E-state index in [4.69, 9.17) is 9.66 Å². The Kier molecular flexibility index (Phi) is 5.02. The average molecular weight is 272 g/mol. The van der Waals surface area contributed by atoms with Gasteiger partial charge in [-0.15, -0.1) is 0 Å². The predicted molar refractivity (Wildman–Crippen MR) is 66.0 cm³/mol. The third-order valence-corrected chi connectivity index (χ3v) is 2.65. The molecule has 0 saturated heterocycles. The van der Waals surface area contributed by atoms with E-state index in [1.165, 1.54) is 6.26 Å². The first-order valence-electron chi connectivity index (χ1n) is 4.96. The van der Waals surface area contributed by atoms with Crippen LogP contribution >= 0.6 is 0 Å². The lowest BCUT2D eigenvalue weighted by molar-refractivity contribution is 0.315. The fourth-order valence-electron chi connectivity index (χ4n) is 1.18. The first kappa shape index (κ1) is 14.4. The molecule has 0 radical (unpaired) electrons. The third kappa shape index (κ3) is 4.66. The number of fused-ring (bicyclic) bond motifs is 1. The molecule has 2 N–H and O–H groups in total. The van der Waals surface area contributed by atoms with E-state index in [1.54, 1.807) is 12.1 Å². The van der Waals surface area contributed by atoms with Crippen LogP contribution in [-0.2, 0) is 10.1 Å². The minimum Gasteiger partial charge on any atom is -0.431 e. The van der Waals surface area contributed by atoms with Gasteiger partial charge in [0.1, 0.15) is 0 Å². The summed E-state index contributed by atoms with van der Waals surface area (Å²) < 4.78 is 31.8. The van der Waals surface area contributed by atoms with E-state index in [2.05, 4.69) is 4.42 Å². The summed E-state index contributed by atoms with van der Waals surface area (Å²) in [5.74, 6) is -0.576. The van der Waals surface area contributed by atoms with Crippen LogP contribution in [-0.4, -0.2) is 30.4 Å². The van der Waals surface area contributed by atoms with Crippen LogP contribution in [0.1, 0.15) is 0 Å². The Morgan fingerprint density at radius 2 is 1.83 bits per heavy atom. The van der Waals surface area contributed by atoms with Crippen LogP contribution < -0.4 is 5.63 Å². The lowest BCUT2D eigenvalue weighted by atomic mass is 10.2. The summed E-state index contributed by atoms with van der Waals surface area (Å²) in [6, 6.07) is 9.12. The van der Waals surface area contributed by atoms with E-state index in [-0.39, 0.29) is 5.63 Å². The maximum atomic E-state index is 11.0. The maximum Gasteiger partial charge on any atom is 0.343 e. The second-order valence-corrected chi connectivity index (χ2v) is 4.88. The van der Waals surface area contributed by atoms with Crippen molar-refractivity contribution in [3.63, 3.8) is 0 Å². The smallest absolute Gasteiger partial charge is 0.343 e. The van der Waals surface area contributed by atoms with Gasteiger partial charge in [0.15, 0.2) is 0 Å². The number of aliphatic hydroxyl groups excluding tert-OH is 1. The van der Waals surface area contributed by atoms with Crippen LogP contribution in [0.5, 0.6) is 0 Å². The molecular formula is C11H12O6S. The molecule has 1 aromatic carbocycles. The van der Waals surface area contributed by atoms with Gasteiger partial charge in [-0.2, -0.15) is 8.42 Å². The van der Waals surface area contributed by atoms with Gasteiger partial charge < -0.3 is 9.52 Å². The molecule has 1 heterocycles. The molecule has 0 aliphatic rings. The van der Waals surface area contributed by atoms with E-state index in [0.717, 1.165) is 5.39 Å². The van der Waals surface area contributed by atoms with Crippen molar-refractivity contribution in [1.82, 2.24) is 0 Å². The van der Waals surface area contributed by atoms with Crippen molar-refractivity contribution < 1.29 is 22.5 Å². The molecule has 1 aromatic heterocycles. The summed E-state index contributed by atoms with van der Waals surface area (Å²) in [7, 11) is -3.92. The summed E-state index contributed by atoms with van der Waals surface area (Å²) in [5.41, 5.74) is -0.275. The zero-order valence-electron chi connectivity index (χ0n) is 9.31. The van der Waals surface area contributed by atoms with Gasteiger partial charge >= 0.3 is 5.63 Å². The van der Waals surface area contributed by atoms with Crippen molar-refractivity contribution in [2.24, 2.45) is 0 Å². The Bertz CT molecular complexity index is 653. The van der Waals surface area contributed by atoms with Gasteiger partial charge in [0, 0.05) is 0 Å². The van der Waals surface area contributed by atoms with Gasteiger partial charge in [0.25, 0.3) is 10.1 Å². The highest BCUT2D eigenvalue weighted by atomic mass is 32.2. The first-order chi connectivity index (χ1) is 8.44. The normalized spacial score (nSPS) is 10.8. The molecular weight excluding hydrogens is 260 g/mol. The van der Waals surface area contributed by atoms with Crippen LogP contribution in [0.4, 0.5) is 0 Å². The Morgan fingerprint density at radius 1 is 1.17 bits per heavy atom. The van der Waals surface area contributed by atoms with Crippen molar-refractivity contribution in [1.29, 1.82) is 0 Å². The second kappa shape index (κ2) is 6.29. The van der Waals surface area contributed by atoms with Gasteiger partial charge in [-0.05, 0) is 17.5 Å². The predicted octanol–water partition coefficient (Wildman–Crippen LogP) is 0.659. The lowest BCUT2D eigenvalue weighted by Gasteiger charge is -1.91.